The van der Waals surface area contributed by atoms with Gasteiger partial charge in [0.15, 0.2) is 5.84 Å². The molecule has 0 spiro atoms. The summed E-state index contributed by atoms with van der Waals surface area (Å²) in [5.41, 5.74) is 0.169. The molecule has 1 aliphatic rings. The van der Waals surface area contributed by atoms with Gasteiger partial charge in [0.2, 0.25) is 0 Å². The fraction of sp³-hybridized carbons (Fsp3) is 0.700. The molecule has 0 aromatic heterocycles. The number of amidine groups is 1. The topological polar surface area (TPSA) is 43.2 Å². The van der Waals surface area contributed by atoms with E-state index in [-0.39, 0.29) is 17.1 Å². The minimum atomic E-state index is -0.0886. The van der Waals surface area contributed by atoms with Crippen LogP contribution in [0.15, 0.2) is 34.1 Å². The van der Waals surface area contributed by atoms with Crippen molar-refractivity contribution in [1.82, 2.24) is 0 Å². The maximum absolute atomic E-state index is 5.91. The molecule has 0 amide bonds. The van der Waals surface area contributed by atoms with Crippen LogP contribution < -0.4 is 0 Å². The average molecular weight is 335 g/mol. The number of aliphatic imine (C=N–C) groups is 2. The van der Waals surface area contributed by atoms with Crippen LogP contribution >= 0.6 is 0 Å². The van der Waals surface area contributed by atoms with Gasteiger partial charge < -0.3 is 9.47 Å². The molecule has 1 aliphatic carbocycles. The highest BCUT2D eigenvalue weighted by atomic mass is 16.5. The molecule has 0 aromatic rings. The Morgan fingerprint density at radius 3 is 2.25 bits per heavy atom. The monoisotopic (exact) mass is 334 g/mol. The number of rotatable bonds is 6. The fourth-order valence-electron chi connectivity index (χ4n) is 2.31. The summed E-state index contributed by atoms with van der Waals surface area (Å²) in [5, 5.41) is 0. The third-order valence-corrected chi connectivity index (χ3v) is 3.46. The summed E-state index contributed by atoms with van der Waals surface area (Å²) >= 11 is 0. The van der Waals surface area contributed by atoms with E-state index in [4.69, 9.17) is 9.47 Å². The summed E-state index contributed by atoms with van der Waals surface area (Å²) in [6, 6.07) is 0. The molecule has 0 aromatic carbocycles. The summed E-state index contributed by atoms with van der Waals surface area (Å²) in [4.78, 5) is 8.27. The van der Waals surface area contributed by atoms with E-state index in [9.17, 15) is 0 Å². The number of hydrogen-bond acceptors (Lipinski definition) is 3. The smallest absolute Gasteiger partial charge is 0.150 e. The lowest BCUT2D eigenvalue weighted by molar-refractivity contribution is -0.138. The number of allylic oxidation sites excluding steroid dienone is 2. The van der Waals surface area contributed by atoms with Gasteiger partial charge in [-0.3, -0.25) is 0 Å². The summed E-state index contributed by atoms with van der Waals surface area (Å²) in [6.45, 7) is 18.3. The second kappa shape index (κ2) is 8.61. The van der Waals surface area contributed by atoms with Crippen molar-refractivity contribution in [2.45, 2.75) is 85.5 Å². The molecule has 0 saturated heterocycles. The molecule has 0 heterocycles. The Labute approximate surface area is 147 Å². The van der Waals surface area contributed by atoms with E-state index in [1.54, 1.807) is 6.20 Å². The van der Waals surface area contributed by atoms with Crippen molar-refractivity contribution < 1.29 is 9.47 Å². The first-order valence-electron chi connectivity index (χ1n) is 8.71. The van der Waals surface area contributed by atoms with Gasteiger partial charge in [-0.2, -0.15) is 0 Å². The quantitative estimate of drug-likeness (QED) is 0.376. The van der Waals surface area contributed by atoms with Gasteiger partial charge in [0, 0.05) is 12.8 Å². The van der Waals surface area contributed by atoms with Crippen molar-refractivity contribution >= 4 is 12.6 Å². The first-order chi connectivity index (χ1) is 11.0. The molecule has 1 fully saturated rings. The Hall–Kier alpha value is -1.42. The molecule has 0 N–H and O–H groups in total. The van der Waals surface area contributed by atoms with Gasteiger partial charge in [0.05, 0.1) is 17.9 Å². The minimum Gasteiger partial charge on any atom is -0.493 e. The summed E-state index contributed by atoms with van der Waals surface area (Å²) in [6.07, 6.45) is 9.06. The Kier molecular flexibility index (Phi) is 7.40. The molecule has 1 rings (SSSR count). The lowest BCUT2D eigenvalue weighted by Crippen LogP contribution is -2.41. The van der Waals surface area contributed by atoms with Crippen LogP contribution in [0.5, 0.6) is 0 Å². The zero-order valence-electron chi connectivity index (χ0n) is 16.4. The fourth-order valence-corrected chi connectivity index (χ4v) is 2.31. The molecule has 0 unspecified atom stereocenters. The number of nitrogens with zero attached hydrogens (tertiary/aromatic N) is 2. The van der Waals surface area contributed by atoms with Gasteiger partial charge in [-0.25, -0.2) is 9.98 Å². The molecule has 4 heteroatoms. The molecule has 4 nitrogen and oxygen atoms in total. The first kappa shape index (κ1) is 20.6. The zero-order valence-corrected chi connectivity index (χ0v) is 16.4. The highest BCUT2D eigenvalue weighted by molar-refractivity contribution is 5.96. The van der Waals surface area contributed by atoms with Crippen molar-refractivity contribution in [1.29, 1.82) is 0 Å². The Morgan fingerprint density at radius 2 is 1.75 bits per heavy atom. The van der Waals surface area contributed by atoms with Crippen molar-refractivity contribution in [3.63, 3.8) is 0 Å². The number of ether oxygens (including phenoxy) is 2. The normalized spacial score (nSPS) is 23.3. The van der Waals surface area contributed by atoms with Gasteiger partial charge in [0.25, 0.3) is 0 Å². The Morgan fingerprint density at radius 1 is 1.12 bits per heavy atom. The number of hydrogen-bond donors (Lipinski definition) is 0. The lowest BCUT2D eigenvalue weighted by atomic mass is 9.91. The minimum absolute atomic E-state index is 0.0886. The van der Waals surface area contributed by atoms with Crippen LogP contribution in [0.1, 0.15) is 67.7 Å². The molecule has 0 radical (unpaired) electrons. The predicted molar refractivity (Wildman–Crippen MR) is 103 cm³/mol. The van der Waals surface area contributed by atoms with Crippen LogP contribution in [0.25, 0.3) is 0 Å². The zero-order chi connectivity index (χ0) is 18.4. The molecule has 0 atom stereocenters. The van der Waals surface area contributed by atoms with E-state index in [2.05, 4.69) is 64.3 Å². The van der Waals surface area contributed by atoms with Crippen LogP contribution in [-0.2, 0) is 9.47 Å². The van der Waals surface area contributed by atoms with Crippen LogP contribution in [-0.4, -0.2) is 30.4 Å². The molecule has 1 saturated carbocycles. The second-order valence-electron chi connectivity index (χ2n) is 8.62. The second-order valence-corrected chi connectivity index (χ2v) is 8.62. The maximum Gasteiger partial charge on any atom is 0.150 e. The summed E-state index contributed by atoms with van der Waals surface area (Å²) in [5.74, 6) is 1.39. The Bertz CT molecular complexity index is 499. The summed E-state index contributed by atoms with van der Waals surface area (Å²) in [7, 11) is 0. The van der Waals surface area contributed by atoms with Crippen LogP contribution in [0.3, 0.4) is 0 Å². The van der Waals surface area contributed by atoms with E-state index < -0.39 is 0 Å². The predicted octanol–water partition coefficient (Wildman–Crippen LogP) is 5.30. The SMILES string of the molecule is C=NC(/C=C/CC(C)(C)C)=N/C=C(\C)OC1CC(OC(C)(C)C)C1. The lowest BCUT2D eigenvalue weighted by Gasteiger charge is -2.39. The van der Waals surface area contributed by atoms with Gasteiger partial charge in [-0.1, -0.05) is 26.8 Å². The average Bonchev–Trinajstić information content (AvgIpc) is 2.37. The molecule has 24 heavy (non-hydrogen) atoms. The van der Waals surface area contributed by atoms with E-state index in [1.165, 1.54) is 0 Å². The van der Waals surface area contributed by atoms with Crippen LogP contribution in [0.2, 0.25) is 0 Å². The standard InChI is InChI=1S/C20H34N2O2/c1-15(23-16-12-17(13-16)24-20(5,6)7)14-22-18(21-8)10-9-11-19(2,3)4/h9-10,14,16-17H,8,11-13H2,1-7H3/b10-9+,15-14+,22-18+. The van der Waals surface area contributed by atoms with Gasteiger partial charge in [-0.15, -0.1) is 0 Å². The molecular formula is C20H34N2O2. The molecular weight excluding hydrogens is 300 g/mol. The maximum atomic E-state index is 5.91. The third-order valence-electron chi connectivity index (χ3n) is 3.46. The van der Waals surface area contributed by atoms with Gasteiger partial charge in [0.1, 0.15) is 11.9 Å². The van der Waals surface area contributed by atoms with E-state index in [0.717, 1.165) is 25.0 Å². The van der Waals surface area contributed by atoms with Crippen molar-refractivity contribution in [3.8, 4) is 0 Å². The van der Waals surface area contributed by atoms with Crippen molar-refractivity contribution in [2.75, 3.05) is 0 Å². The van der Waals surface area contributed by atoms with E-state index >= 15 is 0 Å². The van der Waals surface area contributed by atoms with E-state index in [0.29, 0.717) is 11.9 Å². The van der Waals surface area contributed by atoms with Gasteiger partial charge >= 0.3 is 0 Å². The molecule has 0 bridgehead atoms. The van der Waals surface area contributed by atoms with Crippen molar-refractivity contribution in [3.05, 3.63) is 24.1 Å². The molecule has 136 valence electrons. The summed E-state index contributed by atoms with van der Waals surface area (Å²) < 4.78 is 11.8. The van der Waals surface area contributed by atoms with Crippen molar-refractivity contribution in [2.24, 2.45) is 15.4 Å². The highest BCUT2D eigenvalue weighted by Gasteiger charge is 2.34. The van der Waals surface area contributed by atoms with Crippen LogP contribution in [0, 0.1) is 5.41 Å². The largest absolute Gasteiger partial charge is 0.493 e. The first-order valence-corrected chi connectivity index (χ1v) is 8.71. The third kappa shape index (κ3) is 9.02. The van der Waals surface area contributed by atoms with E-state index in [1.807, 2.05) is 13.0 Å². The highest BCUT2D eigenvalue weighted by Crippen LogP contribution is 2.31. The molecule has 0 aliphatic heterocycles. The Balaban J connectivity index is 2.44. The van der Waals surface area contributed by atoms with Crippen LogP contribution in [0.4, 0.5) is 0 Å². The van der Waals surface area contributed by atoms with Gasteiger partial charge in [-0.05, 0) is 52.3 Å².